The van der Waals surface area contributed by atoms with Crippen molar-refractivity contribution in [1.82, 2.24) is 19.2 Å². The molecule has 1 aromatic heterocycles. The topological polar surface area (TPSA) is 95.6 Å². The van der Waals surface area contributed by atoms with Crippen LogP contribution in [0.15, 0.2) is 52.0 Å². The smallest absolute Gasteiger partial charge is 0.410 e. The van der Waals surface area contributed by atoms with E-state index in [2.05, 4.69) is 25.9 Å². The number of imidazole rings is 1. The van der Waals surface area contributed by atoms with E-state index >= 15 is 0 Å². The highest BCUT2D eigenvalue weighted by molar-refractivity contribution is 9.10. The Morgan fingerprint density at radius 3 is 2.42 bits per heavy atom. The van der Waals surface area contributed by atoms with Gasteiger partial charge in [0.15, 0.2) is 0 Å². The van der Waals surface area contributed by atoms with Gasteiger partial charge in [0.1, 0.15) is 22.1 Å². The lowest BCUT2D eigenvalue weighted by atomic mass is 10.2. The van der Waals surface area contributed by atoms with Crippen LogP contribution in [0.2, 0.25) is 5.02 Å². The molecule has 36 heavy (non-hydrogen) atoms. The molecule has 1 fully saturated rings. The van der Waals surface area contributed by atoms with Crippen LogP contribution >= 0.6 is 27.5 Å². The molecule has 0 atom stereocenters. The molecular weight excluding hydrogens is 575 g/mol. The van der Waals surface area contributed by atoms with Crippen LogP contribution in [-0.2, 0) is 14.8 Å². The number of nitrogens with zero attached hydrogens (tertiary/aromatic N) is 3. The number of rotatable bonds is 4. The number of aromatic nitrogens is 2. The summed E-state index contributed by atoms with van der Waals surface area (Å²) in [4.78, 5) is 21.3. The van der Waals surface area contributed by atoms with Crippen molar-refractivity contribution in [2.45, 2.75) is 31.3 Å². The highest BCUT2D eigenvalue weighted by Gasteiger charge is 2.33. The van der Waals surface area contributed by atoms with Crippen LogP contribution in [-0.4, -0.2) is 65.5 Å². The maximum atomic E-state index is 13.9. The fraction of sp³-hybridized carbons (Fsp3) is 0.333. The first-order chi connectivity index (χ1) is 16.8. The molecule has 2 heterocycles. The Morgan fingerprint density at radius 1 is 1.11 bits per heavy atom. The monoisotopic (exact) mass is 598 g/mol. The third-order valence-electron chi connectivity index (χ3n) is 5.51. The summed E-state index contributed by atoms with van der Waals surface area (Å²) in [6.45, 7) is 5.97. The van der Waals surface area contributed by atoms with Crippen molar-refractivity contribution in [3.63, 3.8) is 0 Å². The van der Waals surface area contributed by atoms with Crippen molar-refractivity contribution in [2.24, 2.45) is 0 Å². The summed E-state index contributed by atoms with van der Waals surface area (Å²) in [6, 6.07) is 9.30. The molecule has 0 bridgehead atoms. The molecule has 2 aromatic carbocycles. The first kappa shape index (κ1) is 26.6. The van der Waals surface area contributed by atoms with E-state index in [-0.39, 0.29) is 36.1 Å². The lowest BCUT2D eigenvalue weighted by molar-refractivity contribution is 0.0192. The van der Waals surface area contributed by atoms with E-state index in [4.69, 9.17) is 16.3 Å². The summed E-state index contributed by atoms with van der Waals surface area (Å²) in [5.74, 6) is -0.000114. The predicted octanol–water partition coefficient (Wildman–Crippen LogP) is 5.54. The van der Waals surface area contributed by atoms with Crippen molar-refractivity contribution >= 4 is 43.6 Å². The second-order valence-corrected chi connectivity index (χ2v) is 12.4. The molecule has 3 aromatic rings. The molecule has 0 spiro atoms. The van der Waals surface area contributed by atoms with Crippen molar-refractivity contribution in [2.75, 3.05) is 26.2 Å². The number of H-pyrrole nitrogens is 1. The average molecular weight is 600 g/mol. The zero-order valence-corrected chi connectivity index (χ0v) is 23.0. The molecule has 1 N–H and O–H groups in total. The third kappa shape index (κ3) is 5.74. The summed E-state index contributed by atoms with van der Waals surface area (Å²) in [5, 5.41) is 0.0788. The first-order valence-corrected chi connectivity index (χ1v) is 13.7. The van der Waals surface area contributed by atoms with E-state index < -0.39 is 27.5 Å². The van der Waals surface area contributed by atoms with Crippen molar-refractivity contribution in [3.05, 3.63) is 57.9 Å². The van der Waals surface area contributed by atoms with Crippen LogP contribution in [0.5, 0.6) is 0 Å². The Labute approximate surface area is 222 Å². The van der Waals surface area contributed by atoms with Gasteiger partial charge < -0.3 is 14.6 Å². The molecule has 0 radical (unpaired) electrons. The van der Waals surface area contributed by atoms with Gasteiger partial charge in [0.05, 0.1) is 15.2 Å². The number of benzene rings is 2. The fourth-order valence-electron chi connectivity index (χ4n) is 3.70. The summed E-state index contributed by atoms with van der Waals surface area (Å²) in [7, 11) is -3.94. The number of carbonyl (C=O) groups is 1. The minimum Gasteiger partial charge on any atom is -0.444 e. The molecule has 4 rings (SSSR count). The van der Waals surface area contributed by atoms with E-state index in [9.17, 15) is 17.6 Å². The van der Waals surface area contributed by atoms with Gasteiger partial charge in [0.25, 0.3) is 0 Å². The number of hydrogen-bond acceptors (Lipinski definition) is 5. The SMILES string of the molecule is CC(C)(C)OC(=O)N1CCN(S(=O)(=O)c2cc(-c3nc(-c4ccc(Br)c(F)c4)c[nH]3)ccc2Cl)CC1. The number of aromatic amines is 1. The minimum atomic E-state index is -3.94. The quantitative estimate of drug-likeness (QED) is 0.425. The molecule has 192 valence electrons. The lowest BCUT2D eigenvalue weighted by Crippen LogP contribution is -2.51. The highest BCUT2D eigenvalue weighted by Crippen LogP contribution is 2.31. The largest absolute Gasteiger partial charge is 0.444 e. The maximum Gasteiger partial charge on any atom is 0.410 e. The Bertz CT molecular complexity index is 1400. The predicted molar refractivity (Wildman–Crippen MR) is 139 cm³/mol. The van der Waals surface area contributed by atoms with E-state index in [1.165, 1.54) is 27.4 Å². The lowest BCUT2D eigenvalue weighted by Gasteiger charge is -2.35. The van der Waals surface area contributed by atoms with Gasteiger partial charge in [-0.25, -0.2) is 22.6 Å². The van der Waals surface area contributed by atoms with E-state index in [0.29, 0.717) is 27.1 Å². The van der Waals surface area contributed by atoms with Crippen molar-refractivity contribution in [1.29, 1.82) is 0 Å². The van der Waals surface area contributed by atoms with Gasteiger partial charge in [-0.1, -0.05) is 17.7 Å². The van der Waals surface area contributed by atoms with Crippen LogP contribution < -0.4 is 0 Å². The van der Waals surface area contributed by atoms with Gasteiger partial charge >= 0.3 is 6.09 Å². The number of sulfonamides is 1. The normalized spacial score (nSPS) is 15.2. The van der Waals surface area contributed by atoms with Crippen LogP contribution in [0, 0.1) is 5.82 Å². The molecule has 1 aliphatic heterocycles. The van der Waals surface area contributed by atoms with Gasteiger partial charge in [-0.2, -0.15) is 4.31 Å². The Balaban J connectivity index is 1.54. The van der Waals surface area contributed by atoms with Crippen LogP contribution in [0.25, 0.3) is 22.6 Å². The second kappa shape index (κ2) is 10.1. The number of ether oxygens (including phenoxy) is 1. The number of amides is 1. The van der Waals surface area contributed by atoms with Gasteiger partial charge in [-0.05, 0) is 67.0 Å². The third-order valence-corrected chi connectivity index (χ3v) is 8.53. The number of carbonyl (C=O) groups excluding carboxylic acids is 1. The van der Waals surface area contributed by atoms with E-state index in [1.54, 1.807) is 45.2 Å². The molecular formula is C24H25BrClFN4O4S. The number of hydrogen-bond donors (Lipinski definition) is 1. The Kier molecular flexibility index (Phi) is 7.47. The molecule has 12 heteroatoms. The van der Waals surface area contributed by atoms with E-state index in [1.807, 2.05) is 0 Å². The standard InChI is InChI=1S/C24H25BrClFN4O4S/c1-24(2,3)35-23(32)30-8-10-31(11-9-30)36(33,34)21-13-16(5-7-18(21)26)22-28-14-20(29-22)15-4-6-17(25)19(27)12-15/h4-7,12-14H,8-11H2,1-3H3,(H,28,29). The van der Waals surface area contributed by atoms with Crippen LogP contribution in [0.4, 0.5) is 9.18 Å². The maximum absolute atomic E-state index is 13.9. The summed E-state index contributed by atoms with van der Waals surface area (Å²) in [5.41, 5.74) is 0.956. The average Bonchev–Trinajstić information content (AvgIpc) is 3.30. The van der Waals surface area contributed by atoms with Crippen molar-refractivity contribution in [3.8, 4) is 22.6 Å². The summed E-state index contributed by atoms with van der Waals surface area (Å²) in [6.07, 6.45) is 1.15. The number of piperazine rings is 1. The minimum absolute atomic E-state index is 0.0555. The molecule has 8 nitrogen and oxygen atoms in total. The van der Waals surface area contributed by atoms with Gasteiger partial charge in [0.2, 0.25) is 10.0 Å². The highest BCUT2D eigenvalue weighted by atomic mass is 79.9. The summed E-state index contributed by atoms with van der Waals surface area (Å²) < 4.78 is 47.8. The van der Waals surface area contributed by atoms with Crippen LogP contribution in [0.1, 0.15) is 20.8 Å². The molecule has 1 aliphatic rings. The van der Waals surface area contributed by atoms with Gasteiger partial charge in [0, 0.05) is 43.5 Å². The van der Waals surface area contributed by atoms with Crippen molar-refractivity contribution < 1.29 is 22.3 Å². The fourth-order valence-corrected chi connectivity index (χ4v) is 5.87. The number of nitrogens with one attached hydrogen (secondary N) is 1. The van der Waals surface area contributed by atoms with Gasteiger partial charge in [-0.3, -0.25) is 0 Å². The first-order valence-electron chi connectivity index (χ1n) is 11.1. The molecule has 1 amide bonds. The number of halogens is 3. The second-order valence-electron chi connectivity index (χ2n) is 9.28. The summed E-state index contributed by atoms with van der Waals surface area (Å²) >= 11 is 9.43. The Hall–Kier alpha value is -2.47. The Morgan fingerprint density at radius 2 is 1.78 bits per heavy atom. The molecule has 1 saturated heterocycles. The zero-order chi connectivity index (χ0) is 26.3. The zero-order valence-electron chi connectivity index (χ0n) is 19.9. The molecule has 0 aliphatic carbocycles. The van der Waals surface area contributed by atoms with Gasteiger partial charge in [-0.15, -0.1) is 0 Å². The van der Waals surface area contributed by atoms with Crippen LogP contribution in [0.3, 0.4) is 0 Å². The van der Waals surface area contributed by atoms with E-state index in [0.717, 1.165) is 0 Å². The molecule has 0 saturated carbocycles. The molecule has 0 unspecified atom stereocenters.